The third-order valence-corrected chi connectivity index (χ3v) is 4.24. The molecular weight excluding hydrogens is 264 g/mol. The largest absolute Gasteiger partial charge is 0.391 e. The molecule has 1 aliphatic carbocycles. The van der Waals surface area contributed by atoms with E-state index in [1.54, 1.807) is 0 Å². The summed E-state index contributed by atoms with van der Waals surface area (Å²) < 4.78 is 0. The van der Waals surface area contributed by atoms with Crippen LogP contribution in [-0.2, 0) is 4.79 Å². The average molecular weight is 290 g/mol. The quantitative estimate of drug-likeness (QED) is 0.728. The van der Waals surface area contributed by atoms with Crippen molar-refractivity contribution in [2.45, 2.75) is 63.1 Å². The van der Waals surface area contributed by atoms with Crippen LogP contribution in [0, 0.1) is 0 Å². The first-order valence-corrected chi connectivity index (χ1v) is 7.95. The van der Waals surface area contributed by atoms with Crippen molar-refractivity contribution < 1.29 is 9.90 Å². The Labute approximate surface area is 126 Å². The molecule has 1 aromatic rings. The van der Waals surface area contributed by atoms with Gasteiger partial charge in [-0.1, -0.05) is 49.6 Å². The lowest BCUT2D eigenvalue weighted by molar-refractivity contribution is -0.122. The van der Waals surface area contributed by atoms with E-state index in [-0.39, 0.29) is 18.0 Å². The number of aliphatic hydroxyl groups excluding tert-OH is 1. The molecule has 1 aromatic carbocycles. The molecule has 3 atom stereocenters. The number of carbonyl (C=O) groups is 1. The Bertz CT molecular complexity index is 436. The van der Waals surface area contributed by atoms with Crippen LogP contribution in [0.15, 0.2) is 30.3 Å². The monoisotopic (exact) mass is 290 g/mol. The maximum Gasteiger partial charge on any atom is 0.220 e. The van der Waals surface area contributed by atoms with Gasteiger partial charge in [-0.25, -0.2) is 0 Å². The van der Waals surface area contributed by atoms with E-state index in [2.05, 4.69) is 5.32 Å². The molecule has 0 radical (unpaired) electrons. The molecule has 4 nitrogen and oxygen atoms in total. The second kappa shape index (κ2) is 8.15. The van der Waals surface area contributed by atoms with Crippen molar-refractivity contribution in [3.8, 4) is 0 Å². The molecule has 2 rings (SSSR count). The van der Waals surface area contributed by atoms with Gasteiger partial charge in [0.2, 0.25) is 5.91 Å². The first-order chi connectivity index (χ1) is 10.2. The third-order valence-electron chi connectivity index (χ3n) is 4.24. The number of hydrogen-bond donors (Lipinski definition) is 3. The molecule has 0 aliphatic heterocycles. The van der Waals surface area contributed by atoms with E-state index >= 15 is 0 Å². The number of hydrogen-bond acceptors (Lipinski definition) is 3. The summed E-state index contributed by atoms with van der Waals surface area (Å²) in [5, 5.41) is 13.0. The van der Waals surface area contributed by atoms with Gasteiger partial charge in [0.05, 0.1) is 12.1 Å². The third kappa shape index (κ3) is 5.14. The maximum atomic E-state index is 12.0. The van der Waals surface area contributed by atoms with Gasteiger partial charge in [0.1, 0.15) is 0 Å². The number of rotatable bonds is 5. The van der Waals surface area contributed by atoms with Crippen LogP contribution in [0.5, 0.6) is 0 Å². The van der Waals surface area contributed by atoms with Crippen LogP contribution in [0.1, 0.15) is 56.6 Å². The fourth-order valence-corrected chi connectivity index (χ4v) is 2.89. The van der Waals surface area contributed by atoms with Crippen LogP contribution < -0.4 is 11.1 Å². The molecule has 1 fully saturated rings. The molecule has 4 N–H and O–H groups in total. The Morgan fingerprint density at radius 2 is 1.95 bits per heavy atom. The van der Waals surface area contributed by atoms with Gasteiger partial charge < -0.3 is 16.2 Å². The van der Waals surface area contributed by atoms with Crippen LogP contribution in [-0.4, -0.2) is 23.2 Å². The van der Waals surface area contributed by atoms with Crippen LogP contribution in [0.4, 0.5) is 0 Å². The molecule has 1 aliphatic rings. The topological polar surface area (TPSA) is 75.4 Å². The highest BCUT2D eigenvalue weighted by Crippen LogP contribution is 2.19. The molecule has 1 saturated carbocycles. The zero-order chi connectivity index (χ0) is 15.1. The lowest BCUT2D eigenvalue weighted by atomic mass is 10.0. The summed E-state index contributed by atoms with van der Waals surface area (Å²) in [5.41, 5.74) is 7.15. The Morgan fingerprint density at radius 1 is 1.24 bits per heavy atom. The predicted octanol–water partition coefficient (Wildman–Crippen LogP) is 2.28. The van der Waals surface area contributed by atoms with Gasteiger partial charge in [0.15, 0.2) is 0 Å². The molecule has 0 bridgehead atoms. The minimum absolute atomic E-state index is 0.00710. The molecule has 4 heteroatoms. The van der Waals surface area contributed by atoms with Crippen molar-refractivity contribution in [1.82, 2.24) is 5.32 Å². The van der Waals surface area contributed by atoms with Crippen LogP contribution >= 0.6 is 0 Å². The minimum atomic E-state index is -0.403. The first kappa shape index (κ1) is 16.0. The van der Waals surface area contributed by atoms with E-state index in [0.717, 1.165) is 37.7 Å². The number of nitrogens with two attached hydrogens (primary N) is 1. The summed E-state index contributed by atoms with van der Waals surface area (Å²) in [5.74, 6) is -0.00710. The Kier molecular flexibility index (Phi) is 6.21. The highest BCUT2D eigenvalue weighted by atomic mass is 16.3. The molecule has 0 aromatic heterocycles. The number of carbonyl (C=O) groups excluding carboxylic acids is 1. The van der Waals surface area contributed by atoms with Crippen molar-refractivity contribution in [3.63, 3.8) is 0 Å². The smallest absolute Gasteiger partial charge is 0.220 e. The van der Waals surface area contributed by atoms with Crippen molar-refractivity contribution in [2.75, 3.05) is 0 Å². The van der Waals surface area contributed by atoms with Crippen LogP contribution in [0.25, 0.3) is 0 Å². The second-order valence-corrected chi connectivity index (χ2v) is 5.94. The SMILES string of the molecule is NC(CCC(=O)NC1CCCCCC1O)c1ccccc1. The van der Waals surface area contributed by atoms with E-state index in [0.29, 0.717) is 12.8 Å². The lowest BCUT2D eigenvalue weighted by Gasteiger charge is -2.22. The summed E-state index contributed by atoms with van der Waals surface area (Å²) in [7, 11) is 0. The average Bonchev–Trinajstić information content (AvgIpc) is 2.71. The van der Waals surface area contributed by atoms with Crippen LogP contribution in [0.3, 0.4) is 0 Å². The Morgan fingerprint density at radius 3 is 2.71 bits per heavy atom. The summed E-state index contributed by atoms with van der Waals surface area (Å²) >= 11 is 0. The summed E-state index contributed by atoms with van der Waals surface area (Å²) in [6, 6.07) is 9.63. The van der Waals surface area contributed by atoms with Gasteiger partial charge in [0.25, 0.3) is 0 Å². The van der Waals surface area contributed by atoms with E-state index in [4.69, 9.17) is 5.73 Å². The van der Waals surface area contributed by atoms with Crippen molar-refractivity contribution in [3.05, 3.63) is 35.9 Å². The summed E-state index contributed by atoms with van der Waals surface area (Å²) in [6.45, 7) is 0. The Balaban J connectivity index is 1.76. The molecule has 0 saturated heterocycles. The molecule has 21 heavy (non-hydrogen) atoms. The Hall–Kier alpha value is -1.39. The number of amides is 1. The maximum absolute atomic E-state index is 12.0. The minimum Gasteiger partial charge on any atom is -0.391 e. The van der Waals surface area contributed by atoms with Gasteiger partial charge in [-0.3, -0.25) is 4.79 Å². The molecule has 0 spiro atoms. The molecule has 1 amide bonds. The fraction of sp³-hybridized carbons (Fsp3) is 0.588. The predicted molar refractivity (Wildman–Crippen MR) is 83.6 cm³/mol. The molecule has 116 valence electrons. The fourth-order valence-electron chi connectivity index (χ4n) is 2.89. The molecule has 3 unspecified atom stereocenters. The van der Waals surface area contributed by atoms with E-state index in [9.17, 15) is 9.90 Å². The lowest BCUT2D eigenvalue weighted by Crippen LogP contribution is -2.42. The zero-order valence-corrected chi connectivity index (χ0v) is 12.5. The standard InChI is InChI=1S/C17H26N2O2/c18-14(13-7-3-1-4-8-13)11-12-17(21)19-15-9-5-2-6-10-16(15)20/h1,3-4,7-8,14-16,20H,2,5-6,9-12,18H2,(H,19,21). The zero-order valence-electron chi connectivity index (χ0n) is 12.5. The normalized spacial score (nSPS) is 24.1. The van der Waals surface area contributed by atoms with Gasteiger partial charge >= 0.3 is 0 Å². The number of aliphatic hydroxyl groups is 1. The first-order valence-electron chi connectivity index (χ1n) is 7.95. The summed E-state index contributed by atoms with van der Waals surface area (Å²) in [4.78, 5) is 12.0. The van der Waals surface area contributed by atoms with E-state index in [1.165, 1.54) is 0 Å². The van der Waals surface area contributed by atoms with Crippen molar-refractivity contribution >= 4 is 5.91 Å². The highest BCUT2D eigenvalue weighted by Gasteiger charge is 2.23. The second-order valence-electron chi connectivity index (χ2n) is 5.94. The van der Waals surface area contributed by atoms with Crippen LogP contribution in [0.2, 0.25) is 0 Å². The van der Waals surface area contributed by atoms with E-state index < -0.39 is 6.10 Å². The molecular formula is C17H26N2O2. The summed E-state index contributed by atoms with van der Waals surface area (Å²) in [6.07, 6.45) is 5.55. The van der Waals surface area contributed by atoms with Crippen molar-refractivity contribution in [2.24, 2.45) is 5.73 Å². The van der Waals surface area contributed by atoms with E-state index in [1.807, 2.05) is 30.3 Å². The van der Waals surface area contributed by atoms with Gasteiger partial charge in [-0.05, 0) is 24.8 Å². The van der Waals surface area contributed by atoms with Gasteiger partial charge in [0, 0.05) is 12.5 Å². The number of benzene rings is 1. The number of nitrogens with one attached hydrogen (secondary N) is 1. The van der Waals surface area contributed by atoms with Crippen molar-refractivity contribution in [1.29, 1.82) is 0 Å². The highest BCUT2D eigenvalue weighted by molar-refractivity contribution is 5.76. The molecule has 0 heterocycles. The van der Waals surface area contributed by atoms with Gasteiger partial charge in [-0.2, -0.15) is 0 Å². The van der Waals surface area contributed by atoms with Gasteiger partial charge in [-0.15, -0.1) is 0 Å².